The Morgan fingerprint density at radius 2 is 2.35 bits per heavy atom. The Hall–Kier alpha value is -1.07. The van der Waals surface area contributed by atoms with Gasteiger partial charge in [-0.25, -0.2) is 4.79 Å². The van der Waals surface area contributed by atoms with Gasteiger partial charge in [0.2, 0.25) is 0 Å². The lowest BCUT2D eigenvalue weighted by Gasteiger charge is -2.23. The maximum absolute atomic E-state index is 10.9. The van der Waals surface area contributed by atoms with Crippen LogP contribution in [0.1, 0.15) is 23.2 Å². The van der Waals surface area contributed by atoms with E-state index in [1.54, 1.807) is 6.07 Å². The van der Waals surface area contributed by atoms with Gasteiger partial charge >= 0.3 is 5.97 Å². The second-order valence-electron chi connectivity index (χ2n) is 3.91. The van der Waals surface area contributed by atoms with Gasteiger partial charge in [-0.1, -0.05) is 0 Å². The molecule has 1 unspecified atom stereocenters. The minimum absolute atomic E-state index is 0.00379. The quantitative estimate of drug-likeness (QED) is 0.932. The van der Waals surface area contributed by atoms with Crippen LogP contribution < -0.4 is 4.74 Å². The molecule has 1 aromatic carbocycles. The van der Waals surface area contributed by atoms with Gasteiger partial charge in [0.05, 0.1) is 16.6 Å². The molecule has 0 amide bonds. The highest BCUT2D eigenvalue weighted by Crippen LogP contribution is 2.28. The van der Waals surface area contributed by atoms with Gasteiger partial charge in [0.1, 0.15) is 11.9 Å². The number of carboxylic acids is 1. The van der Waals surface area contributed by atoms with E-state index in [1.807, 2.05) is 0 Å². The highest BCUT2D eigenvalue weighted by Gasteiger charge is 2.17. The van der Waals surface area contributed by atoms with Gasteiger partial charge in [0.15, 0.2) is 0 Å². The molecule has 92 valence electrons. The Morgan fingerprint density at radius 3 is 3.00 bits per heavy atom. The molecule has 1 aliphatic rings. The fraction of sp³-hybridized carbons (Fsp3) is 0.417. The van der Waals surface area contributed by atoms with E-state index >= 15 is 0 Å². The third kappa shape index (κ3) is 3.20. The molecular weight excluding hydrogens is 288 g/mol. The monoisotopic (exact) mass is 300 g/mol. The number of rotatable bonds is 3. The number of hydrogen-bond acceptors (Lipinski definition) is 3. The molecule has 0 saturated carbocycles. The van der Waals surface area contributed by atoms with Crippen LogP contribution in [0, 0.1) is 0 Å². The second kappa shape index (κ2) is 5.51. The third-order valence-corrected chi connectivity index (χ3v) is 3.25. The molecule has 0 spiro atoms. The van der Waals surface area contributed by atoms with Crippen molar-refractivity contribution in [2.45, 2.75) is 18.9 Å². The summed E-state index contributed by atoms with van der Waals surface area (Å²) in [6, 6.07) is 4.75. The topological polar surface area (TPSA) is 55.8 Å². The molecule has 2 rings (SSSR count). The van der Waals surface area contributed by atoms with Crippen molar-refractivity contribution < 1.29 is 19.4 Å². The molecule has 1 saturated heterocycles. The van der Waals surface area contributed by atoms with Crippen LogP contribution in [-0.2, 0) is 4.74 Å². The summed E-state index contributed by atoms with van der Waals surface area (Å²) in [5.41, 5.74) is 0.222. The predicted octanol–water partition coefficient (Wildman–Crippen LogP) is 2.71. The number of hydrogen-bond donors (Lipinski definition) is 1. The van der Waals surface area contributed by atoms with Gasteiger partial charge in [-0.05, 0) is 47.0 Å². The van der Waals surface area contributed by atoms with E-state index in [9.17, 15) is 4.79 Å². The smallest absolute Gasteiger partial charge is 0.335 e. The highest BCUT2D eigenvalue weighted by atomic mass is 79.9. The molecular formula is C12H13BrO4. The number of ether oxygens (including phenoxy) is 2. The zero-order valence-electron chi connectivity index (χ0n) is 9.19. The highest BCUT2D eigenvalue weighted by molar-refractivity contribution is 9.10. The second-order valence-corrected chi connectivity index (χ2v) is 4.76. The SMILES string of the molecule is O=C(O)c1ccc(Br)c(OC2CCCOC2)c1. The van der Waals surface area contributed by atoms with Crippen molar-refractivity contribution in [1.82, 2.24) is 0 Å². The average molecular weight is 301 g/mol. The zero-order chi connectivity index (χ0) is 12.3. The van der Waals surface area contributed by atoms with E-state index in [1.165, 1.54) is 12.1 Å². The first-order valence-corrected chi connectivity index (χ1v) is 6.23. The van der Waals surface area contributed by atoms with Crippen molar-refractivity contribution in [3.63, 3.8) is 0 Å². The van der Waals surface area contributed by atoms with Crippen LogP contribution in [0.25, 0.3) is 0 Å². The zero-order valence-corrected chi connectivity index (χ0v) is 10.8. The summed E-state index contributed by atoms with van der Waals surface area (Å²) in [6.07, 6.45) is 1.91. The standard InChI is InChI=1S/C12H13BrO4/c13-10-4-3-8(12(14)15)6-11(10)17-9-2-1-5-16-7-9/h3-4,6,9H,1-2,5,7H2,(H,14,15). The van der Waals surface area contributed by atoms with Crippen molar-refractivity contribution in [2.24, 2.45) is 0 Å². The van der Waals surface area contributed by atoms with E-state index in [4.69, 9.17) is 14.6 Å². The minimum Gasteiger partial charge on any atom is -0.487 e. The molecule has 5 heteroatoms. The molecule has 4 nitrogen and oxygen atoms in total. The molecule has 0 aliphatic carbocycles. The summed E-state index contributed by atoms with van der Waals surface area (Å²) < 4.78 is 11.8. The number of halogens is 1. The molecule has 0 radical (unpaired) electrons. The first kappa shape index (κ1) is 12.4. The van der Waals surface area contributed by atoms with E-state index in [2.05, 4.69) is 15.9 Å². The lowest BCUT2D eigenvalue weighted by atomic mass is 10.1. The van der Waals surface area contributed by atoms with E-state index in [0.717, 1.165) is 23.9 Å². The number of carboxylic acid groups (broad SMARTS) is 1. The van der Waals surface area contributed by atoms with Crippen molar-refractivity contribution in [3.8, 4) is 5.75 Å². The van der Waals surface area contributed by atoms with Gasteiger partial charge in [-0.2, -0.15) is 0 Å². The Labute approximate surface area is 108 Å². The summed E-state index contributed by atoms with van der Waals surface area (Å²) in [4.78, 5) is 10.9. The number of benzene rings is 1. The summed E-state index contributed by atoms with van der Waals surface area (Å²) in [5, 5.41) is 8.91. The Balaban J connectivity index is 2.13. The van der Waals surface area contributed by atoms with E-state index < -0.39 is 5.97 Å². The largest absolute Gasteiger partial charge is 0.487 e. The number of aromatic carboxylic acids is 1. The number of carbonyl (C=O) groups is 1. The van der Waals surface area contributed by atoms with Crippen LogP contribution in [0.3, 0.4) is 0 Å². The van der Waals surface area contributed by atoms with Crippen LogP contribution in [0.15, 0.2) is 22.7 Å². The van der Waals surface area contributed by atoms with Crippen LogP contribution in [-0.4, -0.2) is 30.4 Å². The molecule has 1 fully saturated rings. The lowest BCUT2D eigenvalue weighted by Crippen LogP contribution is -2.28. The first-order chi connectivity index (χ1) is 8.16. The molecule has 0 bridgehead atoms. The third-order valence-electron chi connectivity index (χ3n) is 2.59. The van der Waals surface area contributed by atoms with Crippen LogP contribution in [0.2, 0.25) is 0 Å². The molecule has 1 aliphatic heterocycles. The van der Waals surface area contributed by atoms with Crippen molar-refractivity contribution in [1.29, 1.82) is 0 Å². The van der Waals surface area contributed by atoms with Crippen LogP contribution in [0.4, 0.5) is 0 Å². The van der Waals surface area contributed by atoms with Crippen LogP contribution in [0.5, 0.6) is 5.75 Å². The van der Waals surface area contributed by atoms with E-state index in [0.29, 0.717) is 12.4 Å². The Kier molecular flexibility index (Phi) is 4.02. The minimum atomic E-state index is -0.956. The van der Waals surface area contributed by atoms with Crippen LogP contribution >= 0.6 is 15.9 Å². The van der Waals surface area contributed by atoms with Crippen molar-refractivity contribution >= 4 is 21.9 Å². The van der Waals surface area contributed by atoms with E-state index in [-0.39, 0.29) is 11.7 Å². The Morgan fingerprint density at radius 1 is 1.53 bits per heavy atom. The lowest BCUT2D eigenvalue weighted by molar-refractivity contribution is 0.00706. The fourth-order valence-corrected chi connectivity index (χ4v) is 2.05. The maximum atomic E-state index is 10.9. The molecule has 0 aromatic heterocycles. The Bertz CT molecular complexity index is 413. The van der Waals surface area contributed by atoms with Crippen molar-refractivity contribution in [2.75, 3.05) is 13.2 Å². The summed E-state index contributed by atoms with van der Waals surface area (Å²) in [5.74, 6) is -0.400. The van der Waals surface area contributed by atoms with Gasteiger partial charge < -0.3 is 14.6 Å². The molecule has 17 heavy (non-hydrogen) atoms. The van der Waals surface area contributed by atoms with Gasteiger partial charge in [0, 0.05) is 6.61 Å². The molecule has 1 heterocycles. The molecule has 1 N–H and O–H groups in total. The summed E-state index contributed by atoms with van der Waals surface area (Å²) in [7, 11) is 0. The van der Waals surface area contributed by atoms with Gasteiger partial charge in [-0.15, -0.1) is 0 Å². The maximum Gasteiger partial charge on any atom is 0.335 e. The van der Waals surface area contributed by atoms with Crippen molar-refractivity contribution in [3.05, 3.63) is 28.2 Å². The van der Waals surface area contributed by atoms with Gasteiger partial charge in [-0.3, -0.25) is 0 Å². The van der Waals surface area contributed by atoms with Gasteiger partial charge in [0.25, 0.3) is 0 Å². The average Bonchev–Trinajstić information content (AvgIpc) is 2.33. The first-order valence-electron chi connectivity index (χ1n) is 5.44. The fourth-order valence-electron chi connectivity index (χ4n) is 1.71. The molecule has 1 aromatic rings. The summed E-state index contributed by atoms with van der Waals surface area (Å²) >= 11 is 3.35. The summed E-state index contributed by atoms with van der Waals surface area (Å²) in [6.45, 7) is 1.33. The normalized spacial score (nSPS) is 19.9. The molecule has 1 atom stereocenters. The predicted molar refractivity (Wildman–Crippen MR) is 65.6 cm³/mol.